The highest BCUT2D eigenvalue weighted by molar-refractivity contribution is 5.88. The van der Waals surface area contributed by atoms with Crippen molar-refractivity contribution in [3.8, 4) is 0 Å². The maximum atomic E-state index is 12.8. The SMILES string of the molecule is CC(c1ccncc1)N(C)C(=O)C1CC2CCCC(C1)C2=O. The molecule has 0 N–H and O–H groups in total. The molecule has 0 aliphatic heterocycles. The van der Waals surface area contributed by atoms with Gasteiger partial charge in [0, 0.05) is 37.2 Å². The van der Waals surface area contributed by atoms with Gasteiger partial charge < -0.3 is 4.90 Å². The first kappa shape index (κ1) is 15.2. The van der Waals surface area contributed by atoms with E-state index < -0.39 is 0 Å². The van der Waals surface area contributed by atoms with Crippen molar-refractivity contribution in [3.63, 3.8) is 0 Å². The number of rotatable bonds is 3. The highest BCUT2D eigenvalue weighted by Gasteiger charge is 2.42. The second-order valence-corrected chi connectivity index (χ2v) is 6.80. The number of pyridine rings is 1. The normalized spacial score (nSPS) is 29.0. The van der Waals surface area contributed by atoms with E-state index in [4.69, 9.17) is 0 Å². The quantitative estimate of drug-likeness (QED) is 0.862. The zero-order valence-corrected chi connectivity index (χ0v) is 13.4. The van der Waals surface area contributed by atoms with Crippen molar-refractivity contribution in [2.45, 2.75) is 45.1 Å². The van der Waals surface area contributed by atoms with Crippen molar-refractivity contribution in [1.82, 2.24) is 9.88 Å². The number of carbonyl (C=O) groups is 2. The molecule has 4 nitrogen and oxygen atoms in total. The maximum absolute atomic E-state index is 12.8. The molecule has 0 spiro atoms. The zero-order valence-electron chi connectivity index (χ0n) is 13.4. The first-order valence-corrected chi connectivity index (χ1v) is 8.28. The number of carbonyl (C=O) groups excluding carboxylic acids is 2. The monoisotopic (exact) mass is 300 g/mol. The average Bonchev–Trinajstić information content (AvgIpc) is 2.53. The van der Waals surface area contributed by atoms with E-state index in [1.165, 1.54) is 0 Å². The predicted octanol–water partition coefficient (Wildman–Crippen LogP) is 3.00. The summed E-state index contributed by atoms with van der Waals surface area (Å²) in [5.41, 5.74) is 1.10. The zero-order chi connectivity index (χ0) is 15.7. The fourth-order valence-electron chi connectivity index (χ4n) is 4.03. The molecule has 3 atom stereocenters. The molecule has 1 amide bonds. The van der Waals surface area contributed by atoms with E-state index in [1.807, 2.05) is 31.0 Å². The minimum absolute atomic E-state index is 0.0160. The Balaban J connectivity index is 1.70. The number of fused-ring (bicyclic) bond motifs is 2. The fourth-order valence-corrected chi connectivity index (χ4v) is 4.03. The summed E-state index contributed by atoms with van der Waals surface area (Å²) in [4.78, 5) is 30.9. The predicted molar refractivity (Wildman–Crippen MR) is 84.0 cm³/mol. The Bertz CT molecular complexity index is 541. The van der Waals surface area contributed by atoms with Crippen LogP contribution < -0.4 is 0 Å². The van der Waals surface area contributed by atoms with E-state index in [-0.39, 0.29) is 29.7 Å². The van der Waals surface area contributed by atoms with Crippen LogP contribution in [0.15, 0.2) is 24.5 Å². The van der Waals surface area contributed by atoms with Crippen molar-refractivity contribution in [3.05, 3.63) is 30.1 Å². The number of hydrogen-bond acceptors (Lipinski definition) is 3. The Labute approximate surface area is 131 Å². The Hall–Kier alpha value is -1.71. The van der Waals surface area contributed by atoms with E-state index in [9.17, 15) is 9.59 Å². The topological polar surface area (TPSA) is 50.3 Å². The molecule has 2 aliphatic carbocycles. The largest absolute Gasteiger partial charge is 0.339 e. The number of hydrogen-bond donors (Lipinski definition) is 0. The van der Waals surface area contributed by atoms with Crippen LogP contribution in [0.5, 0.6) is 0 Å². The molecule has 2 aliphatic rings. The van der Waals surface area contributed by atoms with Gasteiger partial charge in [0.25, 0.3) is 0 Å². The molecule has 1 aromatic heterocycles. The summed E-state index contributed by atoms with van der Waals surface area (Å²) >= 11 is 0. The molecule has 2 bridgehead atoms. The highest BCUT2D eigenvalue weighted by atomic mass is 16.2. The van der Waals surface area contributed by atoms with Crippen LogP contribution in [0, 0.1) is 17.8 Å². The minimum atomic E-state index is 0.0160. The third kappa shape index (κ3) is 2.79. The molecule has 22 heavy (non-hydrogen) atoms. The number of amides is 1. The first-order chi connectivity index (χ1) is 10.6. The summed E-state index contributed by atoms with van der Waals surface area (Å²) in [5, 5.41) is 0. The number of ketones is 1. The average molecular weight is 300 g/mol. The molecule has 4 heteroatoms. The van der Waals surface area contributed by atoms with Crippen LogP contribution in [0.25, 0.3) is 0 Å². The summed E-state index contributed by atoms with van der Waals surface area (Å²) in [6.07, 6.45) is 8.11. The standard InChI is InChI=1S/C18H24N2O2/c1-12(13-6-8-19-9-7-13)20(2)18(22)16-10-14-4-3-5-15(11-16)17(14)21/h6-9,12,14-16H,3-5,10-11H2,1-2H3. The summed E-state index contributed by atoms with van der Waals surface area (Å²) < 4.78 is 0. The van der Waals surface area contributed by atoms with Crippen LogP contribution >= 0.6 is 0 Å². The molecule has 3 unspecified atom stereocenters. The van der Waals surface area contributed by atoms with Gasteiger partial charge in [0.1, 0.15) is 5.78 Å². The lowest BCUT2D eigenvalue weighted by Gasteiger charge is -2.39. The molecule has 0 radical (unpaired) electrons. The minimum Gasteiger partial charge on any atom is -0.339 e. The second kappa shape index (κ2) is 6.19. The van der Waals surface area contributed by atoms with Crippen molar-refractivity contribution >= 4 is 11.7 Å². The molecule has 3 rings (SSSR count). The number of Topliss-reactive ketones (excluding diaryl/α,β-unsaturated/α-hetero) is 1. The van der Waals surface area contributed by atoms with Gasteiger partial charge in [0.05, 0.1) is 6.04 Å². The van der Waals surface area contributed by atoms with Gasteiger partial charge in [0.2, 0.25) is 5.91 Å². The van der Waals surface area contributed by atoms with Crippen LogP contribution in [0.2, 0.25) is 0 Å². The molecule has 0 saturated heterocycles. The fraction of sp³-hybridized carbons (Fsp3) is 0.611. The van der Waals surface area contributed by atoms with Crippen LogP contribution in [0.4, 0.5) is 0 Å². The summed E-state index contributed by atoms with van der Waals surface area (Å²) in [6, 6.07) is 3.94. The van der Waals surface area contributed by atoms with Gasteiger partial charge in [0.15, 0.2) is 0 Å². The van der Waals surface area contributed by atoms with E-state index in [0.29, 0.717) is 5.78 Å². The van der Waals surface area contributed by atoms with Crippen molar-refractivity contribution < 1.29 is 9.59 Å². The van der Waals surface area contributed by atoms with Crippen LogP contribution in [0.3, 0.4) is 0 Å². The smallest absolute Gasteiger partial charge is 0.225 e. The number of nitrogens with zero attached hydrogens (tertiary/aromatic N) is 2. The lowest BCUT2D eigenvalue weighted by molar-refractivity contribution is -0.143. The Morgan fingerprint density at radius 3 is 2.41 bits per heavy atom. The molecule has 2 fully saturated rings. The summed E-state index contributed by atoms with van der Waals surface area (Å²) in [5.74, 6) is 0.883. The number of aromatic nitrogens is 1. The summed E-state index contributed by atoms with van der Waals surface area (Å²) in [7, 11) is 1.87. The third-order valence-corrected chi connectivity index (χ3v) is 5.51. The summed E-state index contributed by atoms with van der Waals surface area (Å²) in [6.45, 7) is 2.04. The molecule has 118 valence electrons. The Morgan fingerprint density at radius 1 is 1.23 bits per heavy atom. The van der Waals surface area contributed by atoms with Crippen LogP contribution in [-0.2, 0) is 9.59 Å². The molecular formula is C18H24N2O2. The molecule has 0 aromatic carbocycles. The molecule has 1 heterocycles. The first-order valence-electron chi connectivity index (χ1n) is 8.28. The van der Waals surface area contributed by atoms with Gasteiger partial charge in [-0.05, 0) is 50.3 Å². The molecule has 2 saturated carbocycles. The van der Waals surface area contributed by atoms with Crippen molar-refractivity contribution in [2.24, 2.45) is 17.8 Å². The van der Waals surface area contributed by atoms with Crippen LogP contribution in [-0.4, -0.2) is 28.6 Å². The van der Waals surface area contributed by atoms with Crippen molar-refractivity contribution in [2.75, 3.05) is 7.05 Å². The Kier molecular flexibility index (Phi) is 4.27. The molecular weight excluding hydrogens is 276 g/mol. The lowest BCUT2D eigenvalue weighted by atomic mass is 9.67. The van der Waals surface area contributed by atoms with E-state index >= 15 is 0 Å². The highest BCUT2D eigenvalue weighted by Crippen LogP contribution is 2.41. The van der Waals surface area contributed by atoms with Gasteiger partial charge >= 0.3 is 0 Å². The van der Waals surface area contributed by atoms with Gasteiger partial charge in [-0.25, -0.2) is 0 Å². The lowest BCUT2D eigenvalue weighted by Crippen LogP contribution is -2.43. The van der Waals surface area contributed by atoms with Gasteiger partial charge in [-0.1, -0.05) is 6.42 Å². The third-order valence-electron chi connectivity index (χ3n) is 5.51. The van der Waals surface area contributed by atoms with E-state index in [1.54, 1.807) is 12.4 Å². The van der Waals surface area contributed by atoms with E-state index in [0.717, 1.165) is 37.7 Å². The van der Waals surface area contributed by atoms with Crippen LogP contribution in [0.1, 0.15) is 50.6 Å². The second-order valence-electron chi connectivity index (χ2n) is 6.80. The van der Waals surface area contributed by atoms with Gasteiger partial charge in [-0.15, -0.1) is 0 Å². The Morgan fingerprint density at radius 2 is 1.82 bits per heavy atom. The van der Waals surface area contributed by atoms with Gasteiger partial charge in [-0.3, -0.25) is 14.6 Å². The van der Waals surface area contributed by atoms with E-state index in [2.05, 4.69) is 4.98 Å². The van der Waals surface area contributed by atoms with Crippen molar-refractivity contribution in [1.29, 1.82) is 0 Å². The maximum Gasteiger partial charge on any atom is 0.225 e. The van der Waals surface area contributed by atoms with Gasteiger partial charge in [-0.2, -0.15) is 0 Å². The molecule has 1 aromatic rings.